The molecular formula is C10H16N8. The fourth-order valence-corrected chi connectivity index (χ4v) is 2.31. The fraction of sp³-hybridized carbons (Fsp3) is 0.600. The number of nitrogens with two attached hydrogens (primary N) is 1. The molecule has 2 aromatic heterocycles. The first kappa shape index (κ1) is 11.3. The molecule has 1 atom stereocenters. The van der Waals surface area contributed by atoms with Crippen molar-refractivity contribution in [1.29, 1.82) is 0 Å². The van der Waals surface area contributed by atoms with E-state index in [2.05, 4.69) is 37.5 Å². The molecule has 1 aliphatic heterocycles. The first-order chi connectivity index (χ1) is 8.78. The van der Waals surface area contributed by atoms with Crippen LogP contribution in [-0.4, -0.2) is 69.4 Å². The molecule has 0 radical (unpaired) electrons. The van der Waals surface area contributed by atoms with E-state index in [9.17, 15) is 0 Å². The van der Waals surface area contributed by atoms with E-state index in [1.165, 1.54) is 4.63 Å². The summed E-state index contributed by atoms with van der Waals surface area (Å²) in [7, 11) is 2.11. The Morgan fingerprint density at radius 1 is 1.39 bits per heavy atom. The Hall–Kier alpha value is -1.80. The molecule has 3 heterocycles. The van der Waals surface area contributed by atoms with Crippen LogP contribution in [0.5, 0.6) is 0 Å². The third-order valence-electron chi connectivity index (χ3n) is 3.31. The summed E-state index contributed by atoms with van der Waals surface area (Å²) >= 11 is 0. The Labute approximate surface area is 104 Å². The van der Waals surface area contributed by atoms with Gasteiger partial charge in [0.25, 0.3) is 0 Å². The van der Waals surface area contributed by atoms with Crippen molar-refractivity contribution in [3.05, 3.63) is 12.1 Å². The number of piperazine rings is 1. The molecule has 1 fully saturated rings. The fourth-order valence-electron chi connectivity index (χ4n) is 2.31. The summed E-state index contributed by atoms with van der Waals surface area (Å²) in [5.74, 6) is 0.873. The van der Waals surface area contributed by atoms with Gasteiger partial charge in [-0.3, -0.25) is 0 Å². The molecule has 18 heavy (non-hydrogen) atoms. The summed E-state index contributed by atoms with van der Waals surface area (Å²) in [6.07, 6.45) is 0. The molecule has 0 aromatic carbocycles. The summed E-state index contributed by atoms with van der Waals surface area (Å²) in [5.41, 5.74) is 6.49. The van der Waals surface area contributed by atoms with Crippen molar-refractivity contribution in [2.24, 2.45) is 5.73 Å². The van der Waals surface area contributed by atoms with Crippen LogP contribution in [0.25, 0.3) is 5.65 Å². The van der Waals surface area contributed by atoms with Gasteiger partial charge in [-0.1, -0.05) is 0 Å². The van der Waals surface area contributed by atoms with Crippen molar-refractivity contribution < 1.29 is 0 Å². The number of hydrogen-bond donors (Lipinski definition) is 1. The number of nitrogens with zero attached hydrogens (tertiary/aromatic N) is 7. The smallest absolute Gasteiger partial charge is 0.200 e. The lowest BCUT2D eigenvalue weighted by atomic mass is 10.1. The molecular weight excluding hydrogens is 232 g/mol. The maximum Gasteiger partial charge on any atom is 0.200 e. The molecule has 1 unspecified atom stereocenters. The van der Waals surface area contributed by atoms with Gasteiger partial charge in [-0.2, -0.15) is 0 Å². The highest BCUT2D eigenvalue weighted by atomic mass is 15.6. The number of rotatable bonds is 2. The molecule has 2 N–H and O–H groups in total. The van der Waals surface area contributed by atoms with E-state index >= 15 is 0 Å². The first-order valence-electron chi connectivity index (χ1n) is 5.98. The number of aromatic nitrogens is 5. The third kappa shape index (κ3) is 1.89. The standard InChI is InChI=1S/C10H16N8/c1-16-4-5-17(8(6-11)7-16)10-3-2-9-12-14-15-18(9)13-10/h2-3,8H,4-7,11H2,1H3. The number of tetrazole rings is 1. The van der Waals surface area contributed by atoms with Crippen LogP contribution in [0.3, 0.4) is 0 Å². The summed E-state index contributed by atoms with van der Waals surface area (Å²) in [4.78, 5) is 4.50. The van der Waals surface area contributed by atoms with Gasteiger partial charge < -0.3 is 15.5 Å². The average molecular weight is 248 g/mol. The van der Waals surface area contributed by atoms with Crippen LogP contribution < -0.4 is 10.6 Å². The Bertz CT molecular complexity index is 537. The predicted molar refractivity (Wildman–Crippen MR) is 66.3 cm³/mol. The van der Waals surface area contributed by atoms with Crippen molar-refractivity contribution in [3.63, 3.8) is 0 Å². The molecule has 0 spiro atoms. The maximum atomic E-state index is 5.84. The number of hydrogen-bond acceptors (Lipinski definition) is 7. The summed E-state index contributed by atoms with van der Waals surface area (Å²) in [6, 6.07) is 4.10. The van der Waals surface area contributed by atoms with Crippen LogP contribution in [0.1, 0.15) is 0 Å². The summed E-state index contributed by atoms with van der Waals surface area (Å²) in [5, 5.41) is 15.7. The molecule has 0 amide bonds. The van der Waals surface area contributed by atoms with E-state index in [-0.39, 0.29) is 6.04 Å². The topological polar surface area (TPSA) is 88.5 Å². The van der Waals surface area contributed by atoms with Crippen LogP contribution in [0, 0.1) is 0 Å². The molecule has 8 nitrogen and oxygen atoms in total. The molecule has 0 aliphatic carbocycles. The molecule has 0 saturated carbocycles. The number of anilines is 1. The van der Waals surface area contributed by atoms with E-state index in [0.717, 1.165) is 25.5 Å². The Kier molecular flexibility index (Phi) is 2.80. The second-order valence-corrected chi connectivity index (χ2v) is 4.56. The highest BCUT2D eigenvalue weighted by Gasteiger charge is 2.25. The highest BCUT2D eigenvalue weighted by Crippen LogP contribution is 2.17. The first-order valence-corrected chi connectivity index (χ1v) is 5.98. The zero-order valence-corrected chi connectivity index (χ0v) is 10.3. The van der Waals surface area contributed by atoms with Gasteiger partial charge >= 0.3 is 0 Å². The minimum atomic E-state index is 0.283. The van der Waals surface area contributed by atoms with E-state index < -0.39 is 0 Å². The van der Waals surface area contributed by atoms with Gasteiger partial charge in [-0.25, -0.2) is 0 Å². The van der Waals surface area contributed by atoms with Crippen molar-refractivity contribution >= 4 is 11.5 Å². The Morgan fingerprint density at radius 2 is 2.28 bits per heavy atom. The minimum Gasteiger partial charge on any atom is -0.348 e. The Morgan fingerprint density at radius 3 is 3.11 bits per heavy atom. The molecule has 96 valence electrons. The zero-order valence-electron chi connectivity index (χ0n) is 10.3. The van der Waals surface area contributed by atoms with Gasteiger partial charge in [0.2, 0.25) is 0 Å². The molecule has 1 saturated heterocycles. The van der Waals surface area contributed by atoms with Gasteiger partial charge in [-0.05, 0) is 29.6 Å². The lowest BCUT2D eigenvalue weighted by Crippen LogP contribution is -2.55. The van der Waals surface area contributed by atoms with Crippen LogP contribution >= 0.6 is 0 Å². The van der Waals surface area contributed by atoms with Crippen LogP contribution in [0.15, 0.2) is 12.1 Å². The summed E-state index contributed by atoms with van der Waals surface area (Å²) < 4.78 is 1.45. The van der Waals surface area contributed by atoms with Gasteiger partial charge in [0.15, 0.2) is 11.5 Å². The monoisotopic (exact) mass is 248 g/mol. The quantitative estimate of drug-likeness (QED) is 0.699. The van der Waals surface area contributed by atoms with Gasteiger partial charge in [0.05, 0.1) is 6.04 Å². The second kappa shape index (κ2) is 4.46. The molecule has 8 heteroatoms. The lowest BCUT2D eigenvalue weighted by Gasteiger charge is -2.40. The third-order valence-corrected chi connectivity index (χ3v) is 3.31. The molecule has 2 aromatic rings. The van der Waals surface area contributed by atoms with Crippen LogP contribution in [0.2, 0.25) is 0 Å². The molecule has 0 bridgehead atoms. The normalized spacial score (nSPS) is 21.7. The summed E-state index contributed by atoms with van der Waals surface area (Å²) in [6.45, 7) is 3.48. The zero-order chi connectivity index (χ0) is 12.5. The Balaban J connectivity index is 1.92. The van der Waals surface area contributed by atoms with Gasteiger partial charge in [0, 0.05) is 26.2 Å². The molecule has 1 aliphatic rings. The van der Waals surface area contributed by atoms with Crippen molar-refractivity contribution in [3.8, 4) is 0 Å². The number of likely N-dealkylation sites (N-methyl/N-ethyl adjacent to an activating group) is 1. The lowest BCUT2D eigenvalue weighted by molar-refractivity contribution is 0.268. The van der Waals surface area contributed by atoms with Crippen molar-refractivity contribution in [2.75, 3.05) is 38.1 Å². The van der Waals surface area contributed by atoms with Crippen molar-refractivity contribution in [2.45, 2.75) is 6.04 Å². The van der Waals surface area contributed by atoms with Crippen LogP contribution in [0.4, 0.5) is 5.82 Å². The van der Waals surface area contributed by atoms with Gasteiger partial charge in [-0.15, -0.1) is 14.8 Å². The van der Waals surface area contributed by atoms with E-state index in [1.54, 1.807) is 0 Å². The average Bonchev–Trinajstić information content (AvgIpc) is 2.85. The van der Waals surface area contributed by atoms with Gasteiger partial charge in [0.1, 0.15) is 0 Å². The molecule has 3 rings (SSSR count). The van der Waals surface area contributed by atoms with E-state index in [1.807, 2.05) is 12.1 Å². The second-order valence-electron chi connectivity index (χ2n) is 4.56. The highest BCUT2D eigenvalue weighted by molar-refractivity contribution is 5.45. The minimum absolute atomic E-state index is 0.283. The SMILES string of the molecule is CN1CCN(c2ccc3nnnn3n2)C(CN)C1. The maximum absolute atomic E-state index is 5.84. The van der Waals surface area contributed by atoms with Crippen LogP contribution in [-0.2, 0) is 0 Å². The van der Waals surface area contributed by atoms with E-state index in [0.29, 0.717) is 12.2 Å². The number of fused-ring (bicyclic) bond motifs is 1. The van der Waals surface area contributed by atoms with E-state index in [4.69, 9.17) is 5.73 Å². The largest absolute Gasteiger partial charge is 0.348 e. The van der Waals surface area contributed by atoms with Crippen molar-refractivity contribution in [1.82, 2.24) is 30.2 Å². The predicted octanol–water partition coefficient (Wildman–Crippen LogP) is -1.40.